The number of aromatic carboxylic acids is 1. The molecular weight excluding hydrogens is 294 g/mol. The molecule has 9 heteroatoms. The van der Waals surface area contributed by atoms with Crippen molar-refractivity contribution in [1.82, 2.24) is 0 Å². The Morgan fingerprint density at radius 1 is 1.27 bits per heavy atom. The Morgan fingerprint density at radius 2 is 1.95 bits per heavy atom. The van der Waals surface area contributed by atoms with E-state index in [2.05, 4.69) is 5.29 Å². The highest BCUT2D eigenvalue weighted by molar-refractivity contribution is 5.91. The summed E-state index contributed by atoms with van der Waals surface area (Å²) in [6.07, 6.45) is 0. The first-order valence-corrected chi connectivity index (χ1v) is 5.90. The third-order valence-corrected chi connectivity index (χ3v) is 2.64. The zero-order valence-corrected chi connectivity index (χ0v) is 10.9. The number of nitroso groups, excluding NO2 is 1. The number of benzene rings is 2. The average molecular weight is 303 g/mol. The minimum Gasteiger partial charge on any atom is -0.478 e. The third kappa shape index (κ3) is 3.15. The molecule has 0 aliphatic carbocycles. The van der Waals surface area contributed by atoms with Gasteiger partial charge in [0.25, 0.3) is 0 Å². The molecule has 2 aromatic rings. The Hall–Kier alpha value is -3.49. The van der Waals surface area contributed by atoms with Gasteiger partial charge in [-0.1, -0.05) is 18.2 Å². The lowest BCUT2D eigenvalue weighted by Crippen LogP contribution is -2.03. The predicted molar refractivity (Wildman–Crippen MR) is 76.0 cm³/mol. The van der Waals surface area contributed by atoms with Crippen LogP contribution in [0.3, 0.4) is 0 Å². The molecule has 0 fully saturated rings. The van der Waals surface area contributed by atoms with Gasteiger partial charge in [0.1, 0.15) is 11.4 Å². The van der Waals surface area contributed by atoms with Gasteiger partial charge >= 0.3 is 11.7 Å². The highest BCUT2D eigenvalue weighted by Gasteiger charge is 2.24. The van der Waals surface area contributed by atoms with E-state index in [0.717, 1.165) is 12.1 Å². The Labute approximate surface area is 123 Å². The Kier molecular flexibility index (Phi) is 4.27. The van der Waals surface area contributed by atoms with Gasteiger partial charge in [-0.05, 0) is 18.2 Å². The number of nitrogens with zero attached hydrogens (tertiary/aromatic N) is 2. The first-order chi connectivity index (χ1) is 10.5. The lowest BCUT2D eigenvalue weighted by atomic mass is 10.1. The monoisotopic (exact) mass is 303 g/mol. The number of nitro benzene ring substituents is 1. The minimum absolute atomic E-state index is 0.217. The Morgan fingerprint density at radius 3 is 2.50 bits per heavy atom. The first kappa shape index (κ1) is 14.9. The van der Waals surface area contributed by atoms with E-state index in [0.29, 0.717) is 0 Å². The van der Waals surface area contributed by atoms with Crippen LogP contribution in [0.5, 0.6) is 11.5 Å². The van der Waals surface area contributed by atoms with Crippen LogP contribution in [0.4, 0.5) is 11.4 Å². The zero-order chi connectivity index (χ0) is 16.1. The van der Waals surface area contributed by atoms with Crippen LogP contribution in [0.25, 0.3) is 0 Å². The highest BCUT2D eigenvalue weighted by atomic mass is 16.6. The second-order valence-electron chi connectivity index (χ2n) is 4.05. The molecule has 0 atom stereocenters. The quantitative estimate of drug-likeness (QED) is 0.476. The fourth-order valence-electron chi connectivity index (χ4n) is 1.72. The van der Waals surface area contributed by atoms with Crippen LogP contribution < -0.4 is 10.2 Å². The van der Waals surface area contributed by atoms with Gasteiger partial charge in [-0.25, -0.2) is 10.2 Å². The number of carboxylic acid groups (broad SMARTS) is 1. The fourth-order valence-corrected chi connectivity index (χ4v) is 1.72. The summed E-state index contributed by atoms with van der Waals surface area (Å²) >= 11 is 0. The van der Waals surface area contributed by atoms with Crippen LogP contribution >= 0.6 is 0 Å². The van der Waals surface area contributed by atoms with Crippen molar-refractivity contribution < 1.29 is 19.6 Å². The van der Waals surface area contributed by atoms with Crippen LogP contribution in [0.15, 0.2) is 47.8 Å². The van der Waals surface area contributed by atoms with Crippen LogP contribution in [0, 0.1) is 15.0 Å². The Bertz CT molecular complexity index is 732. The Balaban J connectivity index is 2.60. The van der Waals surface area contributed by atoms with Gasteiger partial charge < -0.3 is 9.84 Å². The molecule has 0 bridgehead atoms. The number of ether oxygens (including phenoxy) is 1. The van der Waals surface area contributed by atoms with Crippen molar-refractivity contribution in [2.45, 2.75) is 0 Å². The molecule has 112 valence electrons. The van der Waals surface area contributed by atoms with Gasteiger partial charge in [-0.3, -0.25) is 10.1 Å². The van der Waals surface area contributed by atoms with E-state index < -0.39 is 16.6 Å². The molecule has 0 aliphatic rings. The molecule has 0 aliphatic heterocycles. The molecule has 0 spiro atoms. The van der Waals surface area contributed by atoms with Gasteiger partial charge in [0.2, 0.25) is 5.75 Å². The van der Waals surface area contributed by atoms with Gasteiger partial charge in [-0.2, -0.15) is 0 Å². The normalized spacial score (nSPS) is 9.82. The van der Waals surface area contributed by atoms with Crippen molar-refractivity contribution in [2.24, 2.45) is 5.29 Å². The topological polar surface area (TPSA) is 131 Å². The number of hydrogen-bond acceptors (Lipinski definition) is 6. The molecule has 0 radical (unpaired) electrons. The van der Waals surface area contributed by atoms with Crippen LogP contribution in [0.1, 0.15) is 10.4 Å². The van der Waals surface area contributed by atoms with Crippen molar-refractivity contribution >= 4 is 17.3 Å². The average Bonchev–Trinajstić information content (AvgIpc) is 2.49. The van der Waals surface area contributed by atoms with E-state index in [9.17, 15) is 19.8 Å². The second-order valence-corrected chi connectivity index (χ2v) is 4.05. The summed E-state index contributed by atoms with van der Waals surface area (Å²) in [4.78, 5) is 31.7. The molecule has 2 rings (SSSR count). The number of hydrogen-bond donors (Lipinski definition) is 2. The molecule has 0 amide bonds. The molecule has 0 saturated carbocycles. The van der Waals surface area contributed by atoms with Crippen molar-refractivity contribution in [3.8, 4) is 11.5 Å². The summed E-state index contributed by atoms with van der Waals surface area (Å²) in [6, 6.07) is 9.99. The number of nitrogens with one attached hydrogen (secondary N) is 1. The van der Waals surface area contributed by atoms with Gasteiger partial charge in [0.05, 0.1) is 15.8 Å². The molecule has 22 heavy (non-hydrogen) atoms. The summed E-state index contributed by atoms with van der Waals surface area (Å²) in [5, 5.41) is 22.5. The maximum atomic E-state index is 11.1. The van der Waals surface area contributed by atoms with Crippen LogP contribution in [-0.2, 0) is 0 Å². The van der Waals surface area contributed by atoms with Crippen LogP contribution in [-0.4, -0.2) is 16.0 Å². The largest absolute Gasteiger partial charge is 0.478 e. The van der Waals surface area contributed by atoms with Gasteiger partial charge in [-0.15, -0.1) is 4.91 Å². The zero-order valence-electron chi connectivity index (χ0n) is 10.9. The van der Waals surface area contributed by atoms with E-state index in [1.165, 1.54) is 0 Å². The molecule has 0 saturated heterocycles. The van der Waals surface area contributed by atoms with Crippen LogP contribution in [0.2, 0.25) is 0 Å². The molecule has 0 heterocycles. The summed E-state index contributed by atoms with van der Waals surface area (Å²) < 4.78 is 5.39. The molecule has 2 N–H and O–H groups in total. The number of carbonyl (C=O) groups is 1. The van der Waals surface area contributed by atoms with E-state index in [1.807, 2.05) is 5.43 Å². The SMILES string of the molecule is O=NNc1cc(C(=O)O)cc([N+](=O)[O-])c1Oc1ccccc1. The van der Waals surface area contributed by atoms with Crippen molar-refractivity contribution in [2.75, 3.05) is 5.43 Å². The van der Waals surface area contributed by atoms with E-state index >= 15 is 0 Å². The maximum absolute atomic E-state index is 11.1. The molecule has 2 aromatic carbocycles. The number of carboxylic acids is 1. The number of anilines is 1. The van der Waals surface area contributed by atoms with Crippen molar-refractivity contribution in [3.05, 3.63) is 63.0 Å². The second kappa shape index (κ2) is 6.31. The number of nitro groups is 1. The van der Waals surface area contributed by atoms with Gasteiger partial charge in [0, 0.05) is 6.07 Å². The fraction of sp³-hybridized carbons (Fsp3) is 0. The van der Waals surface area contributed by atoms with E-state index in [1.54, 1.807) is 30.3 Å². The molecule has 0 unspecified atom stereocenters. The minimum atomic E-state index is -1.39. The van der Waals surface area contributed by atoms with Crippen molar-refractivity contribution in [1.29, 1.82) is 0 Å². The first-order valence-electron chi connectivity index (χ1n) is 5.90. The summed E-state index contributed by atoms with van der Waals surface area (Å²) in [6.45, 7) is 0. The van der Waals surface area contributed by atoms with Crippen molar-refractivity contribution in [3.63, 3.8) is 0 Å². The standard InChI is InChI=1S/C13H9N3O6/c17-13(18)8-6-10(14-15-19)12(11(7-8)16(20)21)22-9-4-2-1-3-5-9/h1-7H,(H,14,19)(H,17,18). The maximum Gasteiger partial charge on any atom is 0.336 e. The van der Waals surface area contributed by atoms with E-state index in [-0.39, 0.29) is 22.7 Å². The van der Waals surface area contributed by atoms with Gasteiger partial charge in [0.15, 0.2) is 0 Å². The lowest BCUT2D eigenvalue weighted by Gasteiger charge is -2.11. The summed E-state index contributed by atoms with van der Waals surface area (Å²) in [5.41, 5.74) is 0.768. The predicted octanol–water partition coefficient (Wildman–Crippen LogP) is 3.18. The molecule has 9 nitrogen and oxygen atoms in total. The number of para-hydroxylation sites is 1. The summed E-state index contributed by atoms with van der Waals surface area (Å²) in [5.74, 6) is -1.41. The molecular formula is C13H9N3O6. The lowest BCUT2D eigenvalue weighted by molar-refractivity contribution is -0.385. The van der Waals surface area contributed by atoms with E-state index in [4.69, 9.17) is 9.84 Å². The smallest absolute Gasteiger partial charge is 0.336 e. The highest BCUT2D eigenvalue weighted by Crippen LogP contribution is 2.39. The molecule has 0 aromatic heterocycles. The number of rotatable bonds is 6. The summed E-state index contributed by atoms with van der Waals surface area (Å²) in [7, 11) is 0. The third-order valence-electron chi connectivity index (χ3n) is 2.64.